The van der Waals surface area contributed by atoms with Gasteiger partial charge in [0.15, 0.2) is 11.3 Å². The van der Waals surface area contributed by atoms with E-state index in [0.717, 1.165) is 12.0 Å². The van der Waals surface area contributed by atoms with Crippen LogP contribution in [0.25, 0.3) is 0 Å². The number of non-ortho nitro benzene ring substituents is 1. The summed E-state index contributed by atoms with van der Waals surface area (Å²) in [5, 5.41) is 11.0. The van der Waals surface area contributed by atoms with E-state index < -0.39 is 11.2 Å². The monoisotopic (exact) mass is 401 g/mol. The zero-order valence-electron chi connectivity index (χ0n) is 15.7. The molecule has 0 bridgehead atoms. The molecule has 1 aliphatic heterocycles. The number of rotatable bonds is 7. The number of nitro benzene ring substituents is 1. The Kier molecular flexibility index (Phi) is 7.08. The minimum absolute atomic E-state index is 0.00570. The maximum absolute atomic E-state index is 10.7. The Bertz CT molecular complexity index is 799. The van der Waals surface area contributed by atoms with E-state index in [2.05, 4.69) is 19.1 Å². The molecule has 6 nitrogen and oxygen atoms in total. The molecule has 0 spiro atoms. The Balaban J connectivity index is 1.50. The summed E-state index contributed by atoms with van der Waals surface area (Å²) in [6.07, 6.45) is 3.04. The van der Waals surface area contributed by atoms with Crippen molar-refractivity contribution in [2.24, 2.45) is 5.92 Å². The summed E-state index contributed by atoms with van der Waals surface area (Å²) in [5.41, 5.74) is 2.31. The fourth-order valence-electron chi connectivity index (χ4n) is 2.89. The minimum atomic E-state index is -0.457. The Morgan fingerprint density at radius 1 is 1.14 bits per heavy atom. The molecule has 0 atom stereocenters. The Hall–Kier alpha value is -2.35. The highest BCUT2D eigenvalue weighted by Gasteiger charge is 2.27. The second-order valence-corrected chi connectivity index (χ2v) is 7.12. The lowest BCUT2D eigenvalue weighted by Gasteiger charge is -2.29. The lowest BCUT2D eigenvalue weighted by Crippen LogP contribution is -2.34. The van der Waals surface area contributed by atoms with Crippen LogP contribution in [-0.2, 0) is 15.9 Å². The third kappa shape index (κ3) is 5.34. The van der Waals surface area contributed by atoms with Gasteiger partial charge in [-0.15, -0.1) is 0 Å². The van der Waals surface area contributed by atoms with Gasteiger partial charge in [0.25, 0.3) is 5.69 Å². The van der Waals surface area contributed by atoms with Crippen LogP contribution in [0.3, 0.4) is 0 Å². The zero-order valence-corrected chi connectivity index (χ0v) is 16.5. The lowest BCUT2D eigenvalue weighted by molar-refractivity contribution is -0.384. The first-order chi connectivity index (χ1) is 13.6. The fourth-order valence-corrected chi connectivity index (χ4v) is 3.12. The molecule has 2 aromatic rings. The number of ether oxygens (including phenoxy) is 3. The SMILES string of the molecule is CCCCc1ccc(C2OCC(C(=S)Oc3ccc([N+](=O)[O-])cc3)CO2)cc1. The van der Waals surface area contributed by atoms with Crippen LogP contribution in [0.1, 0.15) is 37.2 Å². The first-order valence-corrected chi connectivity index (χ1v) is 9.76. The van der Waals surface area contributed by atoms with Crippen LogP contribution in [0.4, 0.5) is 5.69 Å². The molecular formula is C21H23NO5S. The third-order valence-corrected chi connectivity index (χ3v) is 4.98. The molecule has 0 unspecified atom stereocenters. The van der Waals surface area contributed by atoms with Gasteiger partial charge in [-0.1, -0.05) is 37.6 Å². The van der Waals surface area contributed by atoms with Gasteiger partial charge in [-0.3, -0.25) is 10.1 Å². The molecule has 148 valence electrons. The van der Waals surface area contributed by atoms with Gasteiger partial charge in [-0.25, -0.2) is 0 Å². The maximum atomic E-state index is 10.7. The molecule has 1 aliphatic rings. The topological polar surface area (TPSA) is 70.8 Å². The summed E-state index contributed by atoms with van der Waals surface area (Å²) in [4.78, 5) is 10.2. The average molecular weight is 401 g/mol. The predicted molar refractivity (Wildman–Crippen MR) is 110 cm³/mol. The first kappa shape index (κ1) is 20.4. The molecule has 0 amide bonds. The van der Waals surface area contributed by atoms with E-state index in [1.165, 1.54) is 42.7 Å². The smallest absolute Gasteiger partial charge is 0.269 e. The maximum Gasteiger partial charge on any atom is 0.269 e. The van der Waals surface area contributed by atoms with Crippen molar-refractivity contribution in [1.29, 1.82) is 0 Å². The van der Waals surface area contributed by atoms with Crippen LogP contribution in [0.15, 0.2) is 48.5 Å². The summed E-state index contributed by atoms with van der Waals surface area (Å²) in [7, 11) is 0. The van der Waals surface area contributed by atoms with Crippen LogP contribution in [0, 0.1) is 16.0 Å². The van der Waals surface area contributed by atoms with E-state index in [1.807, 2.05) is 12.1 Å². The van der Waals surface area contributed by atoms with E-state index in [1.54, 1.807) is 0 Å². The minimum Gasteiger partial charge on any atom is -0.450 e. The number of benzene rings is 2. The van der Waals surface area contributed by atoms with Crippen molar-refractivity contribution in [3.8, 4) is 5.75 Å². The predicted octanol–water partition coefficient (Wildman–Crippen LogP) is 5.01. The molecule has 0 saturated carbocycles. The highest BCUT2D eigenvalue weighted by atomic mass is 32.1. The third-order valence-electron chi connectivity index (χ3n) is 4.57. The van der Waals surface area contributed by atoms with Crippen LogP contribution in [0.5, 0.6) is 5.75 Å². The summed E-state index contributed by atoms with van der Waals surface area (Å²) < 4.78 is 17.3. The number of nitro groups is 1. The molecule has 7 heteroatoms. The first-order valence-electron chi connectivity index (χ1n) is 9.35. The van der Waals surface area contributed by atoms with Gasteiger partial charge >= 0.3 is 0 Å². The van der Waals surface area contributed by atoms with Crippen LogP contribution in [0.2, 0.25) is 0 Å². The van der Waals surface area contributed by atoms with Gasteiger partial charge in [-0.2, -0.15) is 0 Å². The second kappa shape index (κ2) is 9.73. The number of hydrogen-bond acceptors (Lipinski definition) is 6. The summed E-state index contributed by atoms with van der Waals surface area (Å²) in [5.74, 6) is 0.283. The zero-order chi connectivity index (χ0) is 19.9. The number of aryl methyl sites for hydroxylation is 1. The van der Waals surface area contributed by atoms with Crippen molar-refractivity contribution in [2.45, 2.75) is 32.5 Å². The normalized spacial score (nSPS) is 19.2. The quantitative estimate of drug-likeness (QED) is 0.369. The summed E-state index contributed by atoms with van der Waals surface area (Å²) in [6.45, 7) is 2.98. The van der Waals surface area contributed by atoms with E-state index >= 15 is 0 Å². The van der Waals surface area contributed by atoms with Crippen molar-refractivity contribution in [3.63, 3.8) is 0 Å². The van der Waals surface area contributed by atoms with E-state index in [0.29, 0.717) is 24.0 Å². The highest BCUT2D eigenvalue weighted by molar-refractivity contribution is 7.80. The number of unbranched alkanes of at least 4 members (excludes halogenated alkanes) is 1. The van der Waals surface area contributed by atoms with Crippen molar-refractivity contribution < 1.29 is 19.1 Å². The Morgan fingerprint density at radius 2 is 1.79 bits per heavy atom. The van der Waals surface area contributed by atoms with Crippen LogP contribution in [-0.4, -0.2) is 23.2 Å². The molecule has 1 fully saturated rings. The molecule has 2 aromatic carbocycles. The fraction of sp³-hybridized carbons (Fsp3) is 0.381. The molecule has 0 aromatic heterocycles. The number of nitrogens with zero attached hydrogens (tertiary/aromatic N) is 1. The summed E-state index contributed by atoms with van der Waals surface area (Å²) in [6, 6.07) is 14.1. The molecule has 28 heavy (non-hydrogen) atoms. The molecule has 0 radical (unpaired) electrons. The van der Waals surface area contributed by atoms with Crippen molar-refractivity contribution in [3.05, 3.63) is 69.8 Å². The van der Waals surface area contributed by atoms with E-state index in [-0.39, 0.29) is 11.6 Å². The molecule has 3 rings (SSSR count). The van der Waals surface area contributed by atoms with Gasteiger partial charge in [0.05, 0.1) is 24.1 Å². The molecule has 0 aliphatic carbocycles. The van der Waals surface area contributed by atoms with Crippen molar-refractivity contribution in [2.75, 3.05) is 13.2 Å². The molecular weight excluding hydrogens is 378 g/mol. The molecule has 1 heterocycles. The van der Waals surface area contributed by atoms with Gasteiger partial charge in [0.1, 0.15) is 5.75 Å². The van der Waals surface area contributed by atoms with Gasteiger partial charge in [0.2, 0.25) is 0 Å². The lowest BCUT2D eigenvalue weighted by atomic mass is 10.1. The standard InChI is InChI=1S/C21H23NO5S/c1-2-3-4-15-5-7-16(8-6-15)20-25-13-17(14-26-20)21(28)27-19-11-9-18(10-12-19)22(23)24/h5-12,17,20H,2-4,13-14H2,1H3. The van der Waals surface area contributed by atoms with Gasteiger partial charge in [-0.05, 0) is 42.8 Å². The van der Waals surface area contributed by atoms with E-state index in [4.69, 9.17) is 26.4 Å². The molecule has 1 saturated heterocycles. The number of thiocarbonyl (C=S) groups is 1. The van der Waals surface area contributed by atoms with Crippen LogP contribution >= 0.6 is 12.2 Å². The largest absolute Gasteiger partial charge is 0.450 e. The van der Waals surface area contributed by atoms with Gasteiger partial charge in [0, 0.05) is 17.7 Å². The van der Waals surface area contributed by atoms with E-state index in [9.17, 15) is 10.1 Å². The van der Waals surface area contributed by atoms with Crippen molar-refractivity contribution in [1.82, 2.24) is 0 Å². The Morgan fingerprint density at radius 3 is 2.36 bits per heavy atom. The van der Waals surface area contributed by atoms with Crippen molar-refractivity contribution >= 4 is 23.0 Å². The molecule has 0 N–H and O–H groups in total. The average Bonchev–Trinajstić information content (AvgIpc) is 2.73. The Labute approximate surface area is 169 Å². The van der Waals surface area contributed by atoms with Gasteiger partial charge < -0.3 is 14.2 Å². The second-order valence-electron chi connectivity index (χ2n) is 6.71. The number of hydrogen-bond donors (Lipinski definition) is 0. The summed E-state index contributed by atoms with van der Waals surface area (Å²) >= 11 is 5.34. The highest BCUT2D eigenvalue weighted by Crippen LogP contribution is 2.27. The van der Waals surface area contributed by atoms with Crippen LogP contribution < -0.4 is 4.74 Å².